The number of para-hydroxylation sites is 1. The Morgan fingerprint density at radius 1 is 0.970 bits per heavy atom. The SMILES string of the molecule is COc1ccc(C(=O)c2cn(-c3cccc(Cl)c3)nc2C(=O)c2nc3ccccc3s2)cc1. The molecule has 0 fully saturated rings. The molecule has 0 N–H and O–H groups in total. The highest BCUT2D eigenvalue weighted by Crippen LogP contribution is 2.26. The molecular weight excluding hydrogens is 458 g/mol. The van der Waals surface area contributed by atoms with Gasteiger partial charge in [-0.2, -0.15) is 5.10 Å². The van der Waals surface area contributed by atoms with Crippen LogP contribution in [0, 0.1) is 0 Å². The van der Waals surface area contributed by atoms with Gasteiger partial charge in [0.2, 0.25) is 5.78 Å². The number of carbonyl (C=O) groups excluding carboxylic acids is 2. The van der Waals surface area contributed by atoms with Crippen LogP contribution in [0.2, 0.25) is 5.02 Å². The van der Waals surface area contributed by atoms with E-state index >= 15 is 0 Å². The molecule has 0 radical (unpaired) electrons. The maximum absolute atomic E-state index is 13.5. The maximum atomic E-state index is 13.5. The van der Waals surface area contributed by atoms with E-state index in [4.69, 9.17) is 16.3 Å². The highest BCUT2D eigenvalue weighted by atomic mass is 35.5. The molecule has 0 amide bonds. The summed E-state index contributed by atoms with van der Waals surface area (Å²) in [5, 5.41) is 5.27. The molecule has 0 aliphatic rings. The van der Waals surface area contributed by atoms with Crippen molar-refractivity contribution in [2.24, 2.45) is 0 Å². The monoisotopic (exact) mass is 473 g/mol. The molecule has 8 heteroatoms. The summed E-state index contributed by atoms with van der Waals surface area (Å²) in [6.45, 7) is 0. The van der Waals surface area contributed by atoms with E-state index in [1.165, 1.54) is 16.0 Å². The van der Waals surface area contributed by atoms with Crippen LogP contribution in [0.15, 0.2) is 79.0 Å². The molecule has 2 heterocycles. The van der Waals surface area contributed by atoms with Crippen molar-refractivity contribution in [3.63, 3.8) is 0 Å². The first kappa shape index (κ1) is 21.1. The number of halogens is 1. The molecule has 5 aromatic rings. The van der Waals surface area contributed by atoms with Gasteiger partial charge < -0.3 is 4.74 Å². The van der Waals surface area contributed by atoms with Gasteiger partial charge in [-0.3, -0.25) is 9.59 Å². The molecule has 0 spiro atoms. The van der Waals surface area contributed by atoms with Crippen molar-refractivity contribution in [2.45, 2.75) is 0 Å². The molecule has 162 valence electrons. The van der Waals surface area contributed by atoms with Crippen molar-refractivity contribution in [3.05, 3.63) is 106 Å². The number of methoxy groups -OCH3 is 1. The Bertz CT molecular complexity index is 1470. The van der Waals surface area contributed by atoms with Gasteiger partial charge in [-0.25, -0.2) is 9.67 Å². The Hall–Kier alpha value is -3.81. The summed E-state index contributed by atoms with van der Waals surface area (Å²) in [6, 6.07) is 21.2. The predicted octanol–water partition coefficient (Wildman–Crippen LogP) is 5.61. The Kier molecular flexibility index (Phi) is 5.50. The fourth-order valence-corrected chi connectivity index (χ4v) is 4.52. The van der Waals surface area contributed by atoms with Gasteiger partial charge in [0.1, 0.15) is 11.4 Å². The van der Waals surface area contributed by atoms with Crippen molar-refractivity contribution >= 4 is 44.7 Å². The topological polar surface area (TPSA) is 74.1 Å². The van der Waals surface area contributed by atoms with Gasteiger partial charge in [0.15, 0.2) is 10.8 Å². The van der Waals surface area contributed by atoms with Gasteiger partial charge in [0.05, 0.1) is 28.6 Å². The molecule has 33 heavy (non-hydrogen) atoms. The first-order chi connectivity index (χ1) is 16.0. The van der Waals surface area contributed by atoms with E-state index in [1.54, 1.807) is 61.8 Å². The van der Waals surface area contributed by atoms with Gasteiger partial charge in [-0.05, 0) is 54.6 Å². The lowest BCUT2D eigenvalue weighted by Gasteiger charge is -2.03. The molecule has 6 nitrogen and oxygen atoms in total. The second-order valence-corrected chi connectivity index (χ2v) is 8.66. The molecular formula is C25H16ClN3O3S. The molecule has 3 aromatic carbocycles. The van der Waals surface area contributed by atoms with Crippen molar-refractivity contribution in [1.82, 2.24) is 14.8 Å². The van der Waals surface area contributed by atoms with Gasteiger partial charge in [-0.15, -0.1) is 11.3 Å². The quantitative estimate of drug-likeness (QED) is 0.300. The van der Waals surface area contributed by atoms with E-state index < -0.39 is 5.78 Å². The number of aromatic nitrogens is 3. The van der Waals surface area contributed by atoms with Crippen molar-refractivity contribution < 1.29 is 14.3 Å². The molecule has 0 atom stereocenters. The van der Waals surface area contributed by atoms with E-state index in [0.717, 1.165) is 10.2 Å². The van der Waals surface area contributed by atoms with E-state index in [-0.39, 0.29) is 22.0 Å². The average molecular weight is 474 g/mol. The highest BCUT2D eigenvalue weighted by molar-refractivity contribution is 7.20. The van der Waals surface area contributed by atoms with Gasteiger partial charge in [0, 0.05) is 16.8 Å². The number of hydrogen-bond donors (Lipinski definition) is 0. The third-order valence-corrected chi connectivity index (χ3v) is 6.36. The average Bonchev–Trinajstić information content (AvgIpc) is 3.48. The first-order valence-electron chi connectivity index (χ1n) is 9.98. The van der Waals surface area contributed by atoms with Gasteiger partial charge in [0.25, 0.3) is 0 Å². The lowest BCUT2D eigenvalue weighted by molar-refractivity contribution is 0.100. The Morgan fingerprint density at radius 2 is 1.76 bits per heavy atom. The van der Waals surface area contributed by atoms with E-state index in [2.05, 4.69) is 10.1 Å². The van der Waals surface area contributed by atoms with Crippen LogP contribution in [0.1, 0.15) is 31.4 Å². The summed E-state index contributed by atoms with van der Waals surface area (Å²) in [6.07, 6.45) is 1.55. The third-order valence-electron chi connectivity index (χ3n) is 5.09. The summed E-state index contributed by atoms with van der Waals surface area (Å²) in [5.74, 6) is -0.101. The lowest BCUT2D eigenvalue weighted by Crippen LogP contribution is -2.10. The smallest absolute Gasteiger partial charge is 0.242 e. The molecule has 0 saturated carbocycles. The van der Waals surface area contributed by atoms with Crippen molar-refractivity contribution in [3.8, 4) is 11.4 Å². The van der Waals surface area contributed by atoms with Gasteiger partial charge in [-0.1, -0.05) is 29.8 Å². The number of hydrogen-bond acceptors (Lipinski definition) is 6. The minimum Gasteiger partial charge on any atom is -0.497 e. The lowest BCUT2D eigenvalue weighted by atomic mass is 10.0. The minimum atomic E-state index is -0.408. The summed E-state index contributed by atoms with van der Waals surface area (Å²) in [7, 11) is 1.56. The Morgan fingerprint density at radius 3 is 2.48 bits per heavy atom. The van der Waals surface area contributed by atoms with E-state index in [0.29, 0.717) is 22.0 Å². The number of ketones is 2. The number of benzene rings is 3. The second-order valence-electron chi connectivity index (χ2n) is 7.19. The van der Waals surface area contributed by atoms with Crippen LogP contribution in [-0.2, 0) is 0 Å². The predicted molar refractivity (Wildman–Crippen MR) is 128 cm³/mol. The zero-order chi connectivity index (χ0) is 22.9. The summed E-state index contributed by atoms with van der Waals surface area (Å²) < 4.78 is 7.55. The zero-order valence-electron chi connectivity index (χ0n) is 17.4. The number of fused-ring (bicyclic) bond motifs is 1. The normalized spacial score (nSPS) is 11.0. The van der Waals surface area contributed by atoms with E-state index in [1.807, 2.05) is 24.3 Å². The zero-order valence-corrected chi connectivity index (χ0v) is 18.9. The molecule has 5 rings (SSSR count). The standard InChI is InChI=1S/C25H16ClN3O3S/c1-32-18-11-9-15(10-12-18)23(30)19-14-29(17-6-4-5-16(26)13-17)28-22(19)24(31)25-27-20-7-2-3-8-21(20)33-25/h2-14H,1H3. The summed E-state index contributed by atoms with van der Waals surface area (Å²) in [5.41, 5.74) is 2.00. The molecule has 0 saturated heterocycles. The number of carbonyl (C=O) groups is 2. The first-order valence-corrected chi connectivity index (χ1v) is 11.2. The van der Waals surface area contributed by atoms with Crippen molar-refractivity contribution in [2.75, 3.05) is 7.11 Å². The molecule has 2 aromatic heterocycles. The maximum Gasteiger partial charge on any atom is 0.242 e. The van der Waals surface area contributed by atoms with Crippen LogP contribution in [0.4, 0.5) is 0 Å². The number of rotatable bonds is 6. The number of nitrogens with zero attached hydrogens (tertiary/aromatic N) is 3. The minimum absolute atomic E-state index is 0.0369. The van der Waals surface area contributed by atoms with Crippen LogP contribution in [0.5, 0.6) is 5.75 Å². The van der Waals surface area contributed by atoms with E-state index in [9.17, 15) is 9.59 Å². The summed E-state index contributed by atoms with van der Waals surface area (Å²) >= 11 is 7.41. The molecule has 0 aliphatic heterocycles. The van der Waals surface area contributed by atoms with Crippen LogP contribution >= 0.6 is 22.9 Å². The molecule has 0 bridgehead atoms. The van der Waals surface area contributed by atoms with Crippen LogP contribution in [0.25, 0.3) is 15.9 Å². The van der Waals surface area contributed by atoms with Crippen LogP contribution in [0.3, 0.4) is 0 Å². The van der Waals surface area contributed by atoms with Crippen LogP contribution < -0.4 is 4.74 Å². The Labute approximate surface area is 198 Å². The fourth-order valence-electron chi connectivity index (χ4n) is 3.43. The van der Waals surface area contributed by atoms with Gasteiger partial charge >= 0.3 is 0 Å². The number of thiazole rings is 1. The molecule has 0 aliphatic carbocycles. The fraction of sp³-hybridized carbons (Fsp3) is 0.0400. The summed E-state index contributed by atoms with van der Waals surface area (Å²) in [4.78, 5) is 31.3. The van der Waals surface area contributed by atoms with Crippen LogP contribution in [-0.4, -0.2) is 33.4 Å². The highest BCUT2D eigenvalue weighted by Gasteiger charge is 2.26. The second kappa shape index (κ2) is 8.61. The largest absolute Gasteiger partial charge is 0.497 e. The van der Waals surface area contributed by atoms with Crippen molar-refractivity contribution in [1.29, 1.82) is 0 Å². The third kappa shape index (κ3) is 4.04. The molecule has 0 unspecified atom stereocenters. The Balaban J connectivity index is 1.62. The number of ether oxygens (including phenoxy) is 1.